The number of nitrogens with two attached hydrogens (primary N) is 1. The molecule has 19 heavy (non-hydrogen) atoms. The number of hydrogen-bond acceptors (Lipinski definition) is 3. The monoisotopic (exact) mass is 259 g/mol. The highest BCUT2D eigenvalue weighted by molar-refractivity contribution is 5.72. The Hall–Kier alpha value is -1.97. The van der Waals surface area contributed by atoms with Gasteiger partial charge in [0.2, 0.25) is 0 Å². The Morgan fingerprint density at radius 2 is 2.05 bits per heavy atom. The predicted molar refractivity (Wildman–Crippen MR) is 78.4 cm³/mol. The molecule has 0 aliphatic heterocycles. The molecule has 0 aliphatic rings. The maximum atomic E-state index is 6.21. The number of nitrogen functional groups attached to an aromatic ring is 1. The Bertz CT molecular complexity index is 587. The molecule has 0 saturated heterocycles. The lowest BCUT2D eigenvalue weighted by molar-refractivity contribution is 0.412. The number of anilines is 1. The molecule has 1 aromatic carbocycles. The highest BCUT2D eigenvalue weighted by Gasteiger charge is 2.14. The lowest BCUT2D eigenvalue weighted by Gasteiger charge is -2.07. The molecule has 4 nitrogen and oxygen atoms in total. The Morgan fingerprint density at radius 3 is 2.53 bits per heavy atom. The fourth-order valence-corrected chi connectivity index (χ4v) is 2.37. The van der Waals surface area contributed by atoms with Crippen LogP contribution in [0, 0.1) is 6.92 Å². The average Bonchev–Trinajstić information content (AvgIpc) is 2.74. The number of benzene rings is 1. The van der Waals surface area contributed by atoms with Gasteiger partial charge in [-0.3, -0.25) is 0 Å². The zero-order valence-electron chi connectivity index (χ0n) is 12.0. The summed E-state index contributed by atoms with van der Waals surface area (Å²) in [6, 6.07) is 6.03. The van der Waals surface area contributed by atoms with Crippen molar-refractivity contribution in [2.75, 3.05) is 12.8 Å². The van der Waals surface area contributed by atoms with Gasteiger partial charge in [-0.05, 0) is 37.6 Å². The van der Waals surface area contributed by atoms with Gasteiger partial charge in [0.1, 0.15) is 23.1 Å². The van der Waals surface area contributed by atoms with Gasteiger partial charge in [0.05, 0.1) is 7.11 Å². The van der Waals surface area contributed by atoms with Crippen LogP contribution in [0.1, 0.15) is 25.2 Å². The van der Waals surface area contributed by atoms with Gasteiger partial charge >= 0.3 is 0 Å². The fraction of sp³-hybridized carbons (Fsp3) is 0.400. The standard InChI is InChI=1S/C15H21N3O/c1-5-13-17-14(15(16)18(13)6-2)11-7-8-12(19-4)10(3)9-11/h7-9H,5-6,16H2,1-4H3. The van der Waals surface area contributed by atoms with Gasteiger partial charge in [0.15, 0.2) is 0 Å². The number of rotatable bonds is 4. The lowest BCUT2D eigenvalue weighted by atomic mass is 10.1. The van der Waals surface area contributed by atoms with Crippen LogP contribution in [-0.4, -0.2) is 16.7 Å². The van der Waals surface area contributed by atoms with E-state index in [1.54, 1.807) is 7.11 Å². The molecule has 0 unspecified atom stereocenters. The van der Waals surface area contributed by atoms with Crippen molar-refractivity contribution in [3.8, 4) is 17.0 Å². The van der Waals surface area contributed by atoms with E-state index in [-0.39, 0.29) is 0 Å². The summed E-state index contributed by atoms with van der Waals surface area (Å²) in [5.41, 5.74) is 9.20. The molecule has 0 amide bonds. The van der Waals surface area contributed by atoms with Crippen molar-refractivity contribution in [1.82, 2.24) is 9.55 Å². The third-order valence-corrected chi connectivity index (χ3v) is 3.39. The van der Waals surface area contributed by atoms with Crippen LogP contribution in [0.4, 0.5) is 5.82 Å². The number of ether oxygens (including phenoxy) is 1. The second-order valence-electron chi connectivity index (χ2n) is 4.54. The molecule has 2 aromatic rings. The maximum Gasteiger partial charge on any atom is 0.131 e. The van der Waals surface area contributed by atoms with E-state index in [9.17, 15) is 0 Å². The number of imidazole rings is 1. The van der Waals surface area contributed by atoms with Crippen LogP contribution in [0.5, 0.6) is 5.75 Å². The van der Waals surface area contributed by atoms with Crippen LogP contribution in [-0.2, 0) is 13.0 Å². The Kier molecular flexibility index (Phi) is 3.79. The normalized spacial score (nSPS) is 10.7. The van der Waals surface area contributed by atoms with Gasteiger partial charge in [-0.1, -0.05) is 6.92 Å². The zero-order valence-corrected chi connectivity index (χ0v) is 12.0. The molecule has 1 aromatic heterocycles. The van der Waals surface area contributed by atoms with E-state index in [4.69, 9.17) is 10.5 Å². The number of nitrogens with zero attached hydrogens (tertiary/aromatic N) is 2. The molecule has 0 radical (unpaired) electrons. The smallest absolute Gasteiger partial charge is 0.131 e. The van der Waals surface area contributed by atoms with Crippen LogP contribution in [0.25, 0.3) is 11.3 Å². The summed E-state index contributed by atoms with van der Waals surface area (Å²) in [5, 5.41) is 0. The van der Waals surface area contributed by atoms with E-state index in [1.807, 2.05) is 19.1 Å². The third-order valence-electron chi connectivity index (χ3n) is 3.39. The number of hydrogen-bond donors (Lipinski definition) is 1. The molecule has 0 atom stereocenters. The minimum atomic E-state index is 0.740. The number of aromatic nitrogens is 2. The van der Waals surface area contributed by atoms with Gasteiger partial charge in [-0.15, -0.1) is 0 Å². The summed E-state index contributed by atoms with van der Waals surface area (Å²) in [5.74, 6) is 2.65. The SMILES string of the molecule is CCc1nc(-c2ccc(OC)c(C)c2)c(N)n1CC. The molecular formula is C15H21N3O. The van der Waals surface area contributed by atoms with Gasteiger partial charge in [0.25, 0.3) is 0 Å². The van der Waals surface area contributed by atoms with E-state index in [0.717, 1.165) is 47.2 Å². The molecule has 0 saturated carbocycles. The van der Waals surface area contributed by atoms with Gasteiger partial charge in [-0.25, -0.2) is 4.98 Å². The van der Waals surface area contributed by atoms with Crippen LogP contribution in [0.3, 0.4) is 0 Å². The first-order valence-corrected chi connectivity index (χ1v) is 6.62. The number of methoxy groups -OCH3 is 1. The second-order valence-corrected chi connectivity index (χ2v) is 4.54. The van der Waals surface area contributed by atoms with Crippen molar-refractivity contribution in [2.45, 2.75) is 33.7 Å². The van der Waals surface area contributed by atoms with Gasteiger partial charge in [-0.2, -0.15) is 0 Å². The second kappa shape index (κ2) is 5.34. The van der Waals surface area contributed by atoms with Crippen molar-refractivity contribution in [3.05, 3.63) is 29.6 Å². The van der Waals surface area contributed by atoms with Crippen LogP contribution in [0.15, 0.2) is 18.2 Å². The largest absolute Gasteiger partial charge is 0.496 e. The maximum absolute atomic E-state index is 6.21. The van der Waals surface area contributed by atoms with Crippen molar-refractivity contribution in [3.63, 3.8) is 0 Å². The Balaban J connectivity index is 2.53. The molecule has 4 heteroatoms. The van der Waals surface area contributed by atoms with Gasteiger partial charge < -0.3 is 15.0 Å². The molecular weight excluding hydrogens is 238 g/mol. The van der Waals surface area contributed by atoms with Crippen molar-refractivity contribution >= 4 is 5.82 Å². The van der Waals surface area contributed by atoms with Crippen molar-refractivity contribution in [2.24, 2.45) is 0 Å². The quantitative estimate of drug-likeness (QED) is 0.918. The molecule has 0 aliphatic carbocycles. The first-order valence-electron chi connectivity index (χ1n) is 6.62. The van der Waals surface area contributed by atoms with Crippen LogP contribution in [0.2, 0.25) is 0 Å². The molecule has 0 bridgehead atoms. The fourth-order valence-electron chi connectivity index (χ4n) is 2.37. The minimum absolute atomic E-state index is 0.740. The zero-order chi connectivity index (χ0) is 14.0. The minimum Gasteiger partial charge on any atom is -0.496 e. The average molecular weight is 259 g/mol. The van der Waals surface area contributed by atoms with E-state index < -0.39 is 0 Å². The third kappa shape index (κ3) is 2.30. The van der Waals surface area contributed by atoms with Crippen molar-refractivity contribution < 1.29 is 4.74 Å². The van der Waals surface area contributed by atoms with E-state index in [2.05, 4.69) is 29.5 Å². The van der Waals surface area contributed by atoms with Crippen LogP contribution >= 0.6 is 0 Å². The topological polar surface area (TPSA) is 53.1 Å². The highest BCUT2D eigenvalue weighted by atomic mass is 16.5. The van der Waals surface area contributed by atoms with E-state index >= 15 is 0 Å². The summed E-state index contributed by atoms with van der Waals surface area (Å²) in [7, 11) is 1.68. The summed E-state index contributed by atoms with van der Waals surface area (Å²) in [6.07, 6.45) is 0.882. The first-order chi connectivity index (χ1) is 9.12. The molecule has 0 fully saturated rings. The summed E-state index contributed by atoms with van der Waals surface area (Å²) < 4.78 is 7.34. The molecule has 102 valence electrons. The summed E-state index contributed by atoms with van der Waals surface area (Å²) in [4.78, 5) is 4.66. The molecule has 2 N–H and O–H groups in total. The molecule has 0 spiro atoms. The lowest BCUT2D eigenvalue weighted by Crippen LogP contribution is -2.04. The molecule has 1 heterocycles. The summed E-state index contributed by atoms with van der Waals surface area (Å²) >= 11 is 0. The summed E-state index contributed by atoms with van der Waals surface area (Å²) in [6.45, 7) is 7.05. The molecule has 2 rings (SSSR count). The Labute approximate surface area is 114 Å². The predicted octanol–water partition coefficient (Wildman–Crippen LogP) is 3.03. The highest BCUT2D eigenvalue weighted by Crippen LogP contribution is 2.30. The number of aryl methyl sites for hydroxylation is 2. The van der Waals surface area contributed by atoms with E-state index in [0.29, 0.717) is 0 Å². The van der Waals surface area contributed by atoms with Gasteiger partial charge in [0, 0.05) is 18.5 Å². The Morgan fingerprint density at radius 1 is 1.32 bits per heavy atom. The van der Waals surface area contributed by atoms with E-state index in [1.165, 1.54) is 0 Å². The first kappa shape index (κ1) is 13.5. The van der Waals surface area contributed by atoms with Crippen LogP contribution < -0.4 is 10.5 Å². The van der Waals surface area contributed by atoms with Crippen molar-refractivity contribution in [1.29, 1.82) is 0 Å².